The Bertz CT molecular complexity index is 700. The highest BCUT2D eigenvalue weighted by Gasteiger charge is 2.67. The van der Waals surface area contributed by atoms with Gasteiger partial charge in [-0.2, -0.15) is 0 Å². The molecule has 0 unspecified atom stereocenters. The minimum Gasteiger partial charge on any atom is -0.497 e. The van der Waals surface area contributed by atoms with E-state index in [0.29, 0.717) is 11.4 Å². The third-order valence-electron chi connectivity index (χ3n) is 4.71. The van der Waals surface area contributed by atoms with Crippen molar-refractivity contribution >= 4 is 17.5 Å². The highest BCUT2D eigenvalue weighted by atomic mass is 16.5. The molecule has 0 spiro atoms. The van der Waals surface area contributed by atoms with Gasteiger partial charge in [-0.15, -0.1) is 0 Å². The molecule has 0 aliphatic carbocycles. The zero-order valence-electron chi connectivity index (χ0n) is 11.9. The Morgan fingerprint density at radius 2 is 2.18 bits per heavy atom. The molecule has 114 valence electrons. The SMILES string of the molecule is COc1cccc(N2C(=O)[C@H]3[C@@H]4C=C[C@@](CO)(O4)[C@@H]3C2=O)c1. The molecule has 0 saturated carbocycles. The van der Waals surface area contributed by atoms with Crippen LogP contribution >= 0.6 is 0 Å². The summed E-state index contributed by atoms with van der Waals surface area (Å²) in [6.07, 6.45) is 3.03. The van der Waals surface area contributed by atoms with Gasteiger partial charge in [-0.1, -0.05) is 18.2 Å². The number of fused-ring (bicyclic) bond motifs is 5. The Balaban J connectivity index is 1.76. The number of anilines is 1. The maximum Gasteiger partial charge on any atom is 0.241 e. The quantitative estimate of drug-likeness (QED) is 0.650. The highest BCUT2D eigenvalue weighted by Crippen LogP contribution is 2.52. The third kappa shape index (κ3) is 1.51. The number of nitrogens with zero attached hydrogens (tertiary/aromatic N) is 1. The Hall–Kier alpha value is -2.18. The van der Waals surface area contributed by atoms with Crippen molar-refractivity contribution in [3.63, 3.8) is 0 Å². The Morgan fingerprint density at radius 1 is 1.36 bits per heavy atom. The molecule has 0 radical (unpaired) electrons. The van der Waals surface area contributed by atoms with Crippen molar-refractivity contribution in [3.05, 3.63) is 36.4 Å². The lowest BCUT2D eigenvalue weighted by Crippen LogP contribution is -2.43. The van der Waals surface area contributed by atoms with E-state index in [0.717, 1.165) is 0 Å². The normalized spacial score (nSPS) is 35.4. The summed E-state index contributed by atoms with van der Waals surface area (Å²) in [5.74, 6) is -1.26. The van der Waals surface area contributed by atoms with Crippen LogP contribution in [0.15, 0.2) is 36.4 Å². The number of methoxy groups -OCH3 is 1. The van der Waals surface area contributed by atoms with Crippen molar-refractivity contribution in [2.24, 2.45) is 11.8 Å². The molecule has 4 rings (SSSR count). The van der Waals surface area contributed by atoms with Crippen molar-refractivity contribution in [2.75, 3.05) is 18.6 Å². The van der Waals surface area contributed by atoms with E-state index in [1.54, 1.807) is 36.4 Å². The first-order valence-electron chi connectivity index (χ1n) is 7.11. The summed E-state index contributed by atoms with van der Waals surface area (Å²) in [7, 11) is 1.53. The fourth-order valence-corrected chi connectivity index (χ4v) is 3.69. The van der Waals surface area contributed by atoms with Crippen LogP contribution in [0.3, 0.4) is 0 Å². The van der Waals surface area contributed by atoms with Crippen LogP contribution in [0.1, 0.15) is 0 Å². The summed E-state index contributed by atoms with van der Waals surface area (Å²) in [6.45, 7) is -0.313. The van der Waals surface area contributed by atoms with Crippen LogP contribution in [-0.2, 0) is 14.3 Å². The van der Waals surface area contributed by atoms with Crippen LogP contribution in [0.25, 0.3) is 0 Å². The van der Waals surface area contributed by atoms with Crippen molar-refractivity contribution < 1.29 is 24.2 Å². The second-order valence-corrected chi connectivity index (χ2v) is 5.77. The highest BCUT2D eigenvalue weighted by molar-refractivity contribution is 6.23. The number of ether oxygens (including phenoxy) is 2. The maximum absolute atomic E-state index is 12.8. The van der Waals surface area contributed by atoms with Gasteiger partial charge in [0.05, 0.1) is 37.3 Å². The molecule has 3 aliphatic heterocycles. The number of rotatable bonds is 3. The monoisotopic (exact) mass is 301 g/mol. The van der Waals surface area contributed by atoms with E-state index in [2.05, 4.69) is 0 Å². The standard InChI is InChI=1S/C16H15NO5/c1-21-10-4-2-3-9(7-10)17-14(19)12-11-5-6-16(8-18,22-11)13(12)15(17)20/h2-7,11-13,18H,8H2,1H3/t11-,12-,13-,16-/m0/s1. The van der Waals surface area contributed by atoms with E-state index in [1.165, 1.54) is 12.0 Å². The average molecular weight is 301 g/mol. The first kappa shape index (κ1) is 13.5. The molecular formula is C16H15NO5. The number of imide groups is 1. The zero-order valence-corrected chi connectivity index (χ0v) is 11.9. The molecule has 3 heterocycles. The summed E-state index contributed by atoms with van der Waals surface area (Å²) in [6, 6.07) is 6.83. The molecule has 6 nitrogen and oxygen atoms in total. The molecule has 1 aromatic rings. The third-order valence-corrected chi connectivity index (χ3v) is 4.71. The topological polar surface area (TPSA) is 76.1 Å². The minimum atomic E-state index is -1.06. The summed E-state index contributed by atoms with van der Waals surface area (Å²) in [5.41, 5.74) is -0.577. The average Bonchev–Trinajstić information content (AvgIpc) is 3.18. The Labute approximate surface area is 126 Å². The van der Waals surface area contributed by atoms with Gasteiger partial charge in [-0.3, -0.25) is 9.59 Å². The lowest BCUT2D eigenvalue weighted by Gasteiger charge is -2.26. The number of aliphatic hydroxyl groups excluding tert-OH is 1. The van der Waals surface area contributed by atoms with E-state index < -0.39 is 23.5 Å². The van der Waals surface area contributed by atoms with Gasteiger partial charge in [-0.25, -0.2) is 4.90 Å². The first-order chi connectivity index (χ1) is 10.6. The number of carbonyl (C=O) groups excluding carboxylic acids is 2. The van der Waals surface area contributed by atoms with Crippen LogP contribution in [0.4, 0.5) is 5.69 Å². The Kier molecular flexibility index (Phi) is 2.70. The van der Waals surface area contributed by atoms with Crippen LogP contribution in [0, 0.1) is 11.8 Å². The van der Waals surface area contributed by atoms with Gasteiger partial charge in [0.15, 0.2) is 0 Å². The largest absolute Gasteiger partial charge is 0.497 e. The molecule has 2 fully saturated rings. The summed E-state index contributed by atoms with van der Waals surface area (Å²) < 4.78 is 10.8. The van der Waals surface area contributed by atoms with Gasteiger partial charge in [0.2, 0.25) is 11.8 Å². The summed E-state index contributed by atoms with van der Waals surface area (Å²) >= 11 is 0. The van der Waals surface area contributed by atoms with Crippen LogP contribution in [0.2, 0.25) is 0 Å². The lowest BCUT2D eigenvalue weighted by atomic mass is 9.77. The predicted octanol–water partition coefficient (Wildman–Crippen LogP) is 0.500. The second-order valence-electron chi connectivity index (χ2n) is 5.77. The van der Waals surface area contributed by atoms with Crippen LogP contribution < -0.4 is 9.64 Å². The summed E-state index contributed by atoms with van der Waals surface area (Å²) in [5, 5.41) is 9.66. The zero-order chi connectivity index (χ0) is 15.5. The summed E-state index contributed by atoms with van der Waals surface area (Å²) in [4.78, 5) is 26.7. The van der Waals surface area contributed by atoms with Gasteiger partial charge < -0.3 is 14.6 Å². The molecule has 1 aromatic carbocycles. The van der Waals surface area contributed by atoms with E-state index >= 15 is 0 Å². The maximum atomic E-state index is 12.8. The van der Waals surface area contributed by atoms with Crippen molar-refractivity contribution in [1.29, 1.82) is 0 Å². The molecule has 6 heteroatoms. The van der Waals surface area contributed by atoms with Crippen molar-refractivity contribution in [3.8, 4) is 5.75 Å². The molecule has 2 saturated heterocycles. The molecule has 4 atom stereocenters. The van der Waals surface area contributed by atoms with Crippen LogP contribution in [0.5, 0.6) is 5.75 Å². The number of benzene rings is 1. The van der Waals surface area contributed by atoms with Gasteiger partial charge >= 0.3 is 0 Å². The van der Waals surface area contributed by atoms with Gasteiger partial charge in [0.1, 0.15) is 11.4 Å². The molecule has 3 aliphatic rings. The van der Waals surface area contributed by atoms with E-state index in [9.17, 15) is 14.7 Å². The number of hydrogen-bond donors (Lipinski definition) is 1. The van der Waals surface area contributed by atoms with Gasteiger partial charge in [-0.05, 0) is 12.1 Å². The molecule has 2 bridgehead atoms. The number of amides is 2. The van der Waals surface area contributed by atoms with Gasteiger partial charge in [0.25, 0.3) is 0 Å². The number of carbonyl (C=O) groups is 2. The fourth-order valence-electron chi connectivity index (χ4n) is 3.69. The molecule has 2 amide bonds. The Morgan fingerprint density at radius 3 is 2.91 bits per heavy atom. The molecule has 22 heavy (non-hydrogen) atoms. The van der Waals surface area contributed by atoms with Crippen molar-refractivity contribution in [2.45, 2.75) is 11.7 Å². The van der Waals surface area contributed by atoms with Crippen molar-refractivity contribution in [1.82, 2.24) is 0 Å². The molecule has 0 aromatic heterocycles. The first-order valence-corrected chi connectivity index (χ1v) is 7.11. The lowest BCUT2D eigenvalue weighted by molar-refractivity contribution is -0.128. The number of aliphatic hydroxyl groups is 1. The second kappa shape index (κ2) is 4.41. The number of hydrogen-bond acceptors (Lipinski definition) is 5. The minimum absolute atomic E-state index is 0.284. The predicted molar refractivity (Wildman–Crippen MR) is 76.3 cm³/mol. The molecular weight excluding hydrogens is 286 g/mol. The smallest absolute Gasteiger partial charge is 0.241 e. The van der Waals surface area contributed by atoms with E-state index in [1.807, 2.05) is 0 Å². The van der Waals surface area contributed by atoms with Crippen LogP contribution in [-0.4, -0.2) is 42.3 Å². The van der Waals surface area contributed by atoms with E-state index in [4.69, 9.17) is 9.47 Å². The fraction of sp³-hybridized carbons (Fsp3) is 0.375. The van der Waals surface area contributed by atoms with Gasteiger partial charge in [0, 0.05) is 6.07 Å². The van der Waals surface area contributed by atoms with E-state index in [-0.39, 0.29) is 18.4 Å². The molecule has 1 N–H and O–H groups in total.